The maximum Gasteiger partial charge on any atom is 0.166 e. The summed E-state index contributed by atoms with van der Waals surface area (Å²) >= 11 is 0. The van der Waals surface area contributed by atoms with Gasteiger partial charge in [0.1, 0.15) is 5.75 Å². The molecular formula is C15H15NO3. The third kappa shape index (κ3) is 3.25. The Balaban J connectivity index is 2.23. The van der Waals surface area contributed by atoms with Gasteiger partial charge < -0.3 is 14.9 Å². The van der Waals surface area contributed by atoms with Crippen molar-refractivity contribution in [2.75, 3.05) is 6.61 Å². The van der Waals surface area contributed by atoms with Gasteiger partial charge in [0.15, 0.2) is 11.5 Å². The quantitative estimate of drug-likeness (QED) is 0.826. The van der Waals surface area contributed by atoms with E-state index < -0.39 is 0 Å². The molecule has 0 bridgehead atoms. The van der Waals surface area contributed by atoms with E-state index in [1.165, 1.54) is 0 Å². The van der Waals surface area contributed by atoms with Crippen LogP contribution < -0.4 is 4.74 Å². The molecule has 4 heteroatoms. The van der Waals surface area contributed by atoms with Crippen LogP contribution in [0, 0.1) is 0 Å². The van der Waals surface area contributed by atoms with Gasteiger partial charge in [0.25, 0.3) is 0 Å². The van der Waals surface area contributed by atoms with Gasteiger partial charge in [-0.1, -0.05) is 6.07 Å². The predicted octanol–water partition coefficient (Wildman–Crippen LogP) is 3.25. The highest BCUT2D eigenvalue weighted by Gasteiger charge is 2.05. The van der Waals surface area contributed by atoms with Crippen LogP contribution in [-0.4, -0.2) is 23.0 Å². The van der Waals surface area contributed by atoms with E-state index in [4.69, 9.17) is 4.74 Å². The first-order valence-electron chi connectivity index (χ1n) is 5.98. The van der Waals surface area contributed by atoms with Crippen molar-refractivity contribution in [3.05, 3.63) is 48.0 Å². The van der Waals surface area contributed by atoms with Crippen LogP contribution in [0.5, 0.6) is 17.2 Å². The molecule has 98 valence electrons. The number of hydrogen-bond donors (Lipinski definition) is 2. The molecule has 2 N–H and O–H groups in total. The van der Waals surface area contributed by atoms with Gasteiger partial charge in [-0.2, -0.15) is 0 Å². The van der Waals surface area contributed by atoms with Gasteiger partial charge in [-0.05, 0) is 43.3 Å². The number of aliphatic imine (C=N–C) groups is 1. The summed E-state index contributed by atoms with van der Waals surface area (Å²) < 4.78 is 5.30. The number of aromatic hydroxyl groups is 2. The molecule has 0 spiro atoms. The highest BCUT2D eigenvalue weighted by atomic mass is 16.5. The topological polar surface area (TPSA) is 62.0 Å². The first-order chi connectivity index (χ1) is 9.20. The minimum absolute atomic E-state index is 0.0758. The normalized spacial score (nSPS) is 10.8. The Morgan fingerprint density at radius 2 is 1.84 bits per heavy atom. The summed E-state index contributed by atoms with van der Waals surface area (Å²) in [5.74, 6) is 0.712. The molecule has 0 aliphatic rings. The molecule has 0 aliphatic carbocycles. The molecule has 2 rings (SSSR count). The van der Waals surface area contributed by atoms with E-state index in [0.29, 0.717) is 23.6 Å². The van der Waals surface area contributed by atoms with E-state index in [-0.39, 0.29) is 11.5 Å². The van der Waals surface area contributed by atoms with Crippen LogP contribution >= 0.6 is 0 Å². The Labute approximate surface area is 111 Å². The lowest BCUT2D eigenvalue weighted by Gasteiger charge is -2.07. The predicted molar refractivity (Wildman–Crippen MR) is 74.6 cm³/mol. The van der Waals surface area contributed by atoms with Gasteiger partial charge in [-0.25, -0.2) is 0 Å². The average molecular weight is 257 g/mol. The summed E-state index contributed by atoms with van der Waals surface area (Å²) in [5, 5.41) is 19.2. The molecule has 0 heterocycles. The molecule has 0 amide bonds. The molecule has 0 fully saturated rings. The Bertz CT molecular complexity index is 576. The fraction of sp³-hybridized carbons (Fsp3) is 0.133. The van der Waals surface area contributed by atoms with Crippen LogP contribution in [-0.2, 0) is 0 Å². The smallest absolute Gasteiger partial charge is 0.166 e. The molecule has 4 nitrogen and oxygen atoms in total. The van der Waals surface area contributed by atoms with Crippen molar-refractivity contribution in [3.8, 4) is 17.2 Å². The van der Waals surface area contributed by atoms with Crippen LogP contribution in [0.25, 0.3) is 0 Å². The number of hydrogen-bond acceptors (Lipinski definition) is 4. The second-order valence-corrected chi connectivity index (χ2v) is 3.90. The third-order valence-corrected chi connectivity index (χ3v) is 2.53. The highest BCUT2D eigenvalue weighted by molar-refractivity contribution is 5.86. The van der Waals surface area contributed by atoms with Gasteiger partial charge in [-0.15, -0.1) is 0 Å². The summed E-state index contributed by atoms with van der Waals surface area (Å²) in [6.45, 7) is 2.35. The molecule has 0 aromatic heterocycles. The number of phenolic OH excluding ortho intramolecular Hbond substituents is 2. The van der Waals surface area contributed by atoms with Crippen molar-refractivity contribution in [2.45, 2.75) is 6.92 Å². The molecular weight excluding hydrogens is 242 g/mol. The van der Waals surface area contributed by atoms with Crippen molar-refractivity contribution in [1.29, 1.82) is 0 Å². The summed E-state index contributed by atoms with van der Waals surface area (Å²) in [4.78, 5) is 4.23. The summed E-state index contributed by atoms with van der Waals surface area (Å²) in [6, 6.07) is 11.7. The molecule has 2 aromatic carbocycles. The molecule has 0 unspecified atom stereocenters. The standard InChI is InChI=1S/C15H15NO3/c1-2-19-14-5-3-4-11(15(14)18)10-16-12-6-8-13(17)9-7-12/h3-10,17-18H,2H2,1H3. The number of benzene rings is 2. The van der Waals surface area contributed by atoms with Crippen molar-refractivity contribution in [3.63, 3.8) is 0 Å². The first-order valence-corrected chi connectivity index (χ1v) is 5.98. The zero-order valence-electron chi connectivity index (χ0n) is 10.6. The van der Waals surface area contributed by atoms with Crippen LogP contribution in [0.4, 0.5) is 5.69 Å². The number of rotatable bonds is 4. The first kappa shape index (κ1) is 13.0. The van der Waals surface area contributed by atoms with E-state index in [1.54, 1.807) is 48.7 Å². The third-order valence-electron chi connectivity index (χ3n) is 2.53. The van der Waals surface area contributed by atoms with Crippen LogP contribution in [0.1, 0.15) is 12.5 Å². The zero-order valence-corrected chi connectivity index (χ0v) is 10.6. The van der Waals surface area contributed by atoms with E-state index in [9.17, 15) is 10.2 Å². The van der Waals surface area contributed by atoms with Crippen molar-refractivity contribution in [2.24, 2.45) is 4.99 Å². The lowest BCUT2D eigenvalue weighted by Crippen LogP contribution is -1.93. The largest absolute Gasteiger partial charge is 0.508 e. The van der Waals surface area contributed by atoms with Crippen molar-refractivity contribution >= 4 is 11.9 Å². The van der Waals surface area contributed by atoms with Crippen molar-refractivity contribution in [1.82, 2.24) is 0 Å². The Morgan fingerprint density at radius 1 is 1.11 bits per heavy atom. The molecule has 0 saturated carbocycles. The maximum atomic E-state index is 9.99. The van der Waals surface area contributed by atoms with E-state index in [0.717, 1.165) is 0 Å². The van der Waals surface area contributed by atoms with Crippen LogP contribution in [0.15, 0.2) is 47.5 Å². The number of phenols is 2. The van der Waals surface area contributed by atoms with Gasteiger partial charge in [0, 0.05) is 11.8 Å². The molecule has 0 aliphatic heterocycles. The van der Waals surface area contributed by atoms with E-state index in [2.05, 4.69) is 4.99 Å². The number of para-hydroxylation sites is 1. The van der Waals surface area contributed by atoms with Crippen molar-refractivity contribution < 1.29 is 14.9 Å². The number of ether oxygens (including phenoxy) is 1. The monoisotopic (exact) mass is 257 g/mol. The minimum Gasteiger partial charge on any atom is -0.508 e. The summed E-state index contributed by atoms with van der Waals surface area (Å²) in [6.07, 6.45) is 1.56. The van der Waals surface area contributed by atoms with Gasteiger partial charge >= 0.3 is 0 Å². The lowest BCUT2D eigenvalue weighted by molar-refractivity contribution is 0.318. The Morgan fingerprint density at radius 3 is 2.53 bits per heavy atom. The second kappa shape index (κ2) is 5.91. The molecule has 0 radical (unpaired) electrons. The van der Waals surface area contributed by atoms with E-state index >= 15 is 0 Å². The molecule has 2 aromatic rings. The molecule has 0 atom stereocenters. The Hall–Kier alpha value is -2.49. The zero-order chi connectivity index (χ0) is 13.7. The van der Waals surface area contributed by atoms with E-state index in [1.807, 2.05) is 6.92 Å². The van der Waals surface area contributed by atoms with Gasteiger partial charge in [-0.3, -0.25) is 4.99 Å². The SMILES string of the molecule is CCOc1cccc(C=Nc2ccc(O)cc2)c1O. The Kier molecular flexibility index (Phi) is 4.03. The molecule has 19 heavy (non-hydrogen) atoms. The van der Waals surface area contributed by atoms with Crippen LogP contribution in [0.2, 0.25) is 0 Å². The maximum absolute atomic E-state index is 9.99. The van der Waals surface area contributed by atoms with Gasteiger partial charge in [0.05, 0.1) is 12.3 Å². The average Bonchev–Trinajstić information content (AvgIpc) is 2.42. The summed E-state index contributed by atoms with van der Waals surface area (Å²) in [7, 11) is 0. The lowest BCUT2D eigenvalue weighted by atomic mass is 10.2. The van der Waals surface area contributed by atoms with Crippen LogP contribution in [0.3, 0.4) is 0 Å². The summed E-state index contributed by atoms with van der Waals surface area (Å²) in [5.41, 5.74) is 1.28. The minimum atomic E-state index is 0.0758. The number of nitrogens with zero attached hydrogens (tertiary/aromatic N) is 1. The highest BCUT2D eigenvalue weighted by Crippen LogP contribution is 2.29. The van der Waals surface area contributed by atoms with Gasteiger partial charge in [0.2, 0.25) is 0 Å². The fourth-order valence-electron chi connectivity index (χ4n) is 1.60. The fourth-order valence-corrected chi connectivity index (χ4v) is 1.60. The molecule has 0 saturated heterocycles. The second-order valence-electron chi connectivity index (χ2n) is 3.90.